The highest BCUT2D eigenvalue weighted by Gasteiger charge is 2.18. The molecule has 1 aliphatic rings. The first kappa shape index (κ1) is 14.5. The second kappa shape index (κ2) is 5.84. The molecule has 0 unspecified atom stereocenters. The number of H-pyrrole nitrogens is 1. The molecule has 4 rings (SSSR count). The largest absolute Gasteiger partial charge is 0.486 e. The van der Waals surface area contributed by atoms with Gasteiger partial charge in [-0.1, -0.05) is 0 Å². The zero-order valence-corrected chi connectivity index (χ0v) is 13.0. The lowest BCUT2D eigenvalue weighted by atomic mass is 10.2. The number of rotatable bonds is 3. The Balaban J connectivity index is 1.71. The lowest BCUT2D eigenvalue weighted by molar-refractivity contribution is 0.171. The topological polar surface area (TPSA) is 63.3 Å². The summed E-state index contributed by atoms with van der Waals surface area (Å²) in [5.74, 6) is 1.45. The van der Waals surface area contributed by atoms with Crippen molar-refractivity contribution >= 4 is 11.5 Å². The number of hydrogen-bond acceptors (Lipinski definition) is 5. The monoisotopic (exact) mass is 326 g/mol. The molecule has 0 amide bonds. The highest BCUT2D eigenvalue weighted by molar-refractivity contribution is 5.65. The molecule has 122 valence electrons. The predicted octanol–water partition coefficient (Wildman–Crippen LogP) is 3.15. The average molecular weight is 326 g/mol. The molecule has 0 spiro atoms. The quantitative estimate of drug-likeness (QED) is 0.801. The van der Waals surface area contributed by atoms with E-state index in [0.717, 1.165) is 11.4 Å². The highest BCUT2D eigenvalue weighted by atomic mass is 19.1. The minimum Gasteiger partial charge on any atom is -0.486 e. The normalized spacial score (nSPS) is 12.9. The lowest BCUT2D eigenvalue weighted by Gasteiger charge is -2.23. The van der Waals surface area contributed by atoms with Gasteiger partial charge in [0.15, 0.2) is 29.0 Å². The summed E-state index contributed by atoms with van der Waals surface area (Å²) in [4.78, 5) is 13.1. The van der Waals surface area contributed by atoms with Crippen molar-refractivity contribution in [1.29, 1.82) is 0 Å². The van der Waals surface area contributed by atoms with Crippen LogP contribution in [0.3, 0.4) is 0 Å². The third kappa shape index (κ3) is 2.54. The second-order valence-electron chi connectivity index (χ2n) is 5.34. The van der Waals surface area contributed by atoms with Crippen LogP contribution < -0.4 is 14.4 Å². The second-order valence-corrected chi connectivity index (χ2v) is 5.34. The Morgan fingerprint density at radius 3 is 2.79 bits per heavy atom. The van der Waals surface area contributed by atoms with E-state index in [1.54, 1.807) is 18.1 Å². The first-order valence-corrected chi connectivity index (χ1v) is 7.52. The van der Waals surface area contributed by atoms with E-state index in [1.165, 1.54) is 6.20 Å². The molecule has 0 saturated carbocycles. The van der Waals surface area contributed by atoms with E-state index in [-0.39, 0.29) is 5.82 Å². The van der Waals surface area contributed by atoms with Gasteiger partial charge in [0.1, 0.15) is 13.2 Å². The number of aromatic nitrogens is 3. The summed E-state index contributed by atoms with van der Waals surface area (Å²) in [5, 5.41) is 0. The summed E-state index contributed by atoms with van der Waals surface area (Å²) in [6.45, 7) is 1.03. The van der Waals surface area contributed by atoms with E-state index in [0.29, 0.717) is 30.5 Å². The summed E-state index contributed by atoms with van der Waals surface area (Å²) < 4.78 is 25.3. The van der Waals surface area contributed by atoms with Gasteiger partial charge >= 0.3 is 0 Å². The zero-order chi connectivity index (χ0) is 16.5. The molecule has 0 bridgehead atoms. The van der Waals surface area contributed by atoms with Crippen molar-refractivity contribution in [3.63, 3.8) is 0 Å². The Morgan fingerprint density at radius 1 is 1.17 bits per heavy atom. The molecular formula is C17H15FN4O2. The average Bonchev–Trinajstić information content (AvgIpc) is 3.16. The number of fused-ring (bicyclic) bond motifs is 1. The van der Waals surface area contributed by atoms with Crippen molar-refractivity contribution in [2.45, 2.75) is 0 Å². The maximum absolute atomic E-state index is 14.3. The van der Waals surface area contributed by atoms with Gasteiger partial charge < -0.3 is 19.4 Å². The van der Waals surface area contributed by atoms with E-state index in [9.17, 15) is 4.39 Å². The van der Waals surface area contributed by atoms with Gasteiger partial charge in [0.25, 0.3) is 0 Å². The summed E-state index contributed by atoms with van der Waals surface area (Å²) in [6.07, 6.45) is 2.94. The van der Waals surface area contributed by atoms with Gasteiger partial charge in [-0.25, -0.2) is 14.4 Å². The number of nitrogens with zero attached hydrogens (tertiary/aromatic N) is 3. The van der Waals surface area contributed by atoms with Crippen LogP contribution in [-0.4, -0.2) is 35.2 Å². The highest BCUT2D eigenvalue weighted by Crippen LogP contribution is 2.36. The van der Waals surface area contributed by atoms with E-state index < -0.39 is 5.82 Å². The van der Waals surface area contributed by atoms with Crippen LogP contribution in [-0.2, 0) is 0 Å². The number of ether oxygens (including phenoxy) is 2. The fourth-order valence-electron chi connectivity index (χ4n) is 2.56. The molecule has 7 heteroatoms. The van der Waals surface area contributed by atoms with Crippen molar-refractivity contribution in [2.24, 2.45) is 0 Å². The molecule has 0 fully saturated rings. The first-order valence-electron chi connectivity index (χ1n) is 7.52. The van der Waals surface area contributed by atoms with Crippen LogP contribution in [0.25, 0.3) is 11.5 Å². The molecule has 3 heterocycles. The first-order chi connectivity index (χ1) is 11.7. The van der Waals surface area contributed by atoms with Crippen molar-refractivity contribution in [3.05, 3.63) is 48.5 Å². The van der Waals surface area contributed by atoms with E-state index in [2.05, 4.69) is 15.0 Å². The van der Waals surface area contributed by atoms with Crippen molar-refractivity contribution < 1.29 is 13.9 Å². The van der Waals surface area contributed by atoms with E-state index in [4.69, 9.17) is 9.47 Å². The molecule has 0 saturated heterocycles. The fourth-order valence-corrected chi connectivity index (χ4v) is 2.56. The van der Waals surface area contributed by atoms with Crippen molar-refractivity contribution in [2.75, 3.05) is 25.2 Å². The number of nitrogens with one attached hydrogen (secondary N) is 1. The third-order valence-electron chi connectivity index (χ3n) is 3.80. The van der Waals surface area contributed by atoms with Gasteiger partial charge in [-0.15, -0.1) is 0 Å². The molecule has 1 N–H and O–H groups in total. The Bertz CT molecular complexity index is 867. The van der Waals surface area contributed by atoms with Gasteiger partial charge in [-0.2, -0.15) is 0 Å². The minimum absolute atomic E-state index is 0.186. The predicted molar refractivity (Wildman–Crippen MR) is 87.3 cm³/mol. The third-order valence-corrected chi connectivity index (χ3v) is 3.80. The number of hydrogen-bond donors (Lipinski definition) is 1. The van der Waals surface area contributed by atoms with Crippen LogP contribution in [0.1, 0.15) is 0 Å². The fraction of sp³-hybridized carbons (Fsp3) is 0.176. The molecule has 0 atom stereocenters. The number of aromatic amines is 1. The number of anilines is 2. The van der Waals surface area contributed by atoms with Crippen LogP contribution >= 0.6 is 0 Å². The van der Waals surface area contributed by atoms with E-state index >= 15 is 0 Å². The molecule has 1 aliphatic heterocycles. The summed E-state index contributed by atoms with van der Waals surface area (Å²) in [6, 6.07) is 9.13. The van der Waals surface area contributed by atoms with Gasteiger partial charge in [0.05, 0.1) is 11.9 Å². The Kier molecular flexibility index (Phi) is 3.53. The van der Waals surface area contributed by atoms with Crippen molar-refractivity contribution in [1.82, 2.24) is 15.0 Å². The molecule has 0 radical (unpaired) electrons. The molecule has 3 aromatic rings. The maximum Gasteiger partial charge on any atom is 0.184 e. The minimum atomic E-state index is -0.498. The van der Waals surface area contributed by atoms with Gasteiger partial charge in [-0.3, -0.25) is 0 Å². The molecule has 6 nitrogen and oxygen atoms in total. The SMILES string of the molecule is CN(c1ccc2c(c1)OCCO2)c1nc(-c2ccc[nH]2)ncc1F. The van der Waals surface area contributed by atoms with Crippen LogP contribution in [0.4, 0.5) is 15.9 Å². The Morgan fingerprint density at radius 2 is 2.00 bits per heavy atom. The summed E-state index contributed by atoms with van der Waals surface area (Å²) in [5.41, 5.74) is 1.47. The molecular weight excluding hydrogens is 311 g/mol. The van der Waals surface area contributed by atoms with Gasteiger partial charge in [-0.05, 0) is 24.3 Å². The van der Waals surface area contributed by atoms with E-state index in [1.807, 2.05) is 30.3 Å². The Labute approximate surface area is 137 Å². The van der Waals surface area contributed by atoms with Crippen LogP contribution in [0, 0.1) is 5.82 Å². The van der Waals surface area contributed by atoms with Crippen molar-refractivity contribution in [3.8, 4) is 23.0 Å². The molecule has 0 aliphatic carbocycles. The molecule has 24 heavy (non-hydrogen) atoms. The zero-order valence-electron chi connectivity index (χ0n) is 13.0. The molecule has 2 aromatic heterocycles. The summed E-state index contributed by atoms with van der Waals surface area (Å²) >= 11 is 0. The van der Waals surface area contributed by atoms with Gasteiger partial charge in [0, 0.05) is 25.0 Å². The lowest BCUT2D eigenvalue weighted by Crippen LogP contribution is -2.17. The number of halogens is 1. The maximum atomic E-state index is 14.3. The Hall–Kier alpha value is -3.09. The van der Waals surface area contributed by atoms with Gasteiger partial charge in [0.2, 0.25) is 0 Å². The standard InChI is InChI=1S/C17H15FN4O2/c1-22(11-4-5-14-15(9-11)24-8-7-23-14)17-12(18)10-20-16(21-17)13-3-2-6-19-13/h2-6,9-10,19H,7-8H2,1H3. The number of benzene rings is 1. The van der Waals surface area contributed by atoms with Crippen LogP contribution in [0.2, 0.25) is 0 Å². The molecule has 1 aromatic carbocycles. The summed E-state index contributed by atoms with van der Waals surface area (Å²) in [7, 11) is 1.75. The smallest absolute Gasteiger partial charge is 0.184 e. The van der Waals surface area contributed by atoms with Crippen LogP contribution in [0.15, 0.2) is 42.7 Å². The van der Waals surface area contributed by atoms with Crippen LogP contribution in [0.5, 0.6) is 11.5 Å².